The number of rotatable bonds is 7. The number of carbonyl (C=O) groups excluding carboxylic acids is 1. The molecule has 0 spiro atoms. The molecular formula is C22H25FN2O5S. The van der Waals surface area contributed by atoms with Crippen molar-refractivity contribution in [2.24, 2.45) is 5.16 Å². The number of aliphatic hydroxyl groups is 1. The summed E-state index contributed by atoms with van der Waals surface area (Å²) in [5.41, 5.74) is 3.46. The van der Waals surface area contributed by atoms with Gasteiger partial charge in [0.2, 0.25) is 0 Å². The number of hydroxylamine groups is 1. The minimum Gasteiger partial charge on any atom is -0.392 e. The van der Waals surface area contributed by atoms with E-state index in [-0.39, 0.29) is 6.42 Å². The van der Waals surface area contributed by atoms with Crippen LogP contribution >= 0.6 is 0 Å². The Bertz CT molecular complexity index is 1020. The number of amides is 1. The van der Waals surface area contributed by atoms with Crippen molar-refractivity contribution in [2.75, 3.05) is 6.26 Å². The van der Waals surface area contributed by atoms with Crippen molar-refractivity contribution in [2.45, 2.75) is 43.6 Å². The molecule has 166 valence electrons. The molecule has 31 heavy (non-hydrogen) atoms. The van der Waals surface area contributed by atoms with Gasteiger partial charge in [-0.1, -0.05) is 41.6 Å². The van der Waals surface area contributed by atoms with Gasteiger partial charge >= 0.3 is 0 Å². The molecule has 2 aromatic rings. The molecule has 0 radical (unpaired) electrons. The fourth-order valence-corrected chi connectivity index (χ4v) is 4.26. The molecule has 3 atom stereocenters. The van der Waals surface area contributed by atoms with E-state index in [4.69, 9.17) is 10.0 Å². The molecule has 0 aliphatic carbocycles. The van der Waals surface area contributed by atoms with Gasteiger partial charge in [0, 0.05) is 41.0 Å². The summed E-state index contributed by atoms with van der Waals surface area (Å²) in [6.45, 7) is 3.37. The van der Waals surface area contributed by atoms with Crippen LogP contribution in [0.5, 0.6) is 0 Å². The molecule has 3 rings (SSSR count). The highest BCUT2D eigenvalue weighted by atomic mass is 32.2. The monoisotopic (exact) mass is 448 g/mol. The lowest BCUT2D eigenvalue weighted by molar-refractivity contribution is -0.129. The zero-order valence-corrected chi connectivity index (χ0v) is 18.3. The molecule has 3 N–H and O–H groups in total. The van der Waals surface area contributed by atoms with Gasteiger partial charge in [-0.05, 0) is 31.0 Å². The van der Waals surface area contributed by atoms with Crippen molar-refractivity contribution in [3.05, 3.63) is 59.4 Å². The summed E-state index contributed by atoms with van der Waals surface area (Å²) in [7, 11) is -1.50. The van der Waals surface area contributed by atoms with Crippen LogP contribution in [0, 0.1) is 5.82 Å². The molecule has 7 nitrogen and oxygen atoms in total. The fourth-order valence-electron chi connectivity index (χ4n) is 3.42. The summed E-state index contributed by atoms with van der Waals surface area (Å²) in [6.07, 6.45) is 1.30. The van der Waals surface area contributed by atoms with Crippen molar-refractivity contribution in [1.82, 2.24) is 5.48 Å². The largest absolute Gasteiger partial charge is 0.392 e. The number of oxime groups is 1. The molecule has 3 unspecified atom stereocenters. The lowest BCUT2D eigenvalue weighted by atomic mass is 9.94. The van der Waals surface area contributed by atoms with E-state index in [1.807, 2.05) is 0 Å². The summed E-state index contributed by atoms with van der Waals surface area (Å²) in [6, 6.07) is 11.8. The summed E-state index contributed by atoms with van der Waals surface area (Å²) in [5, 5.41) is 21.9. The zero-order valence-electron chi connectivity index (χ0n) is 17.5. The Kier molecular flexibility index (Phi) is 6.88. The predicted octanol–water partition coefficient (Wildman–Crippen LogP) is 2.86. The highest BCUT2D eigenvalue weighted by Crippen LogP contribution is 2.29. The third kappa shape index (κ3) is 5.36. The van der Waals surface area contributed by atoms with Crippen molar-refractivity contribution >= 4 is 22.4 Å². The first-order valence-corrected chi connectivity index (χ1v) is 11.3. The normalized spacial score (nSPS) is 18.1. The van der Waals surface area contributed by atoms with Crippen molar-refractivity contribution in [3.63, 3.8) is 0 Å². The lowest BCUT2D eigenvalue weighted by Crippen LogP contribution is -2.37. The second kappa shape index (κ2) is 9.25. The van der Waals surface area contributed by atoms with Gasteiger partial charge in [-0.3, -0.25) is 14.2 Å². The van der Waals surface area contributed by atoms with E-state index < -0.39 is 39.5 Å². The molecule has 2 aromatic carbocycles. The van der Waals surface area contributed by atoms with Gasteiger partial charge < -0.3 is 9.94 Å². The number of carbonyl (C=O) groups is 1. The minimum atomic E-state index is -1.50. The van der Waals surface area contributed by atoms with Gasteiger partial charge in [-0.15, -0.1) is 0 Å². The first-order valence-electron chi connectivity index (χ1n) is 9.72. The Morgan fingerprint density at radius 2 is 1.94 bits per heavy atom. The quantitative estimate of drug-likeness (QED) is 0.446. The maximum Gasteiger partial charge on any atom is 0.259 e. The summed E-state index contributed by atoms with van der Waals surface area (Å²) >= 11 is 0. The summed E-state index contributed by atoms with van der Waals surface area (Å²) in [4.78, 5) is 17.0. The molecular weight excluding hydrogens is 423 g/mol. The third-order valence-corrected chi connectivity index (χ3v) is 6.43. The number of nitrogens with zero attached hydrogens (tertiary/aromatic N) is 1. The van der Waals surface area contributed by atoms with Gasteiger partial charge in [0.25, 0.3) is 5.91 Å². The van der Waals surface area contributed by atoms with E-state index in [0.717, 1.165) is 5.56 Å². The highest BCUT2D eigenvalue weighted by Gasteiger charge is 2.31. The minimum absolute atomic E-state index is 0.108. The Morgan fingerprint density at radius 3 is 2.48 bits per heavy atom. The molecule has 1 heterocycles. The van der Waals surface area contributed by atoms with Gasteiger partial charge in [0.15, 0.2) is 0 Å². The Labute approximate surface area is 182 Å². The van der Waals surface area contributed by atoms with E-state index in [0.29, 0.717) is 28.8 Å². The molecule has 0 bridgehead atoms. The maximum absolute atomic E-state index is 14.8. The van der Waals surface area contributed by atoms with Crippen LogP contribution in [0.1, 0.15) is 37.8 Å². The Balaban J connectivity index is 1.72. The van der Waals surface area contributed by atoms with Crippen LogP contribution in [0.25, 0.3) is 11.1 Å². The number of hydrogen-bond acceptors (Lipinski definition) is 6. The first-order chi connectivity index (χ1) is 14.6. The summed E-state index contributed by atoms with van der Waals surface area (Å²) < 4.78 is 26.6. The lowest BCUT2D eigenvalue weighted by Gasteiger charge is -2.18. The SMILES string of the molecule is CS(=O)C(CC1CC(c2ccc(-c3ccc(C(C)(C)O)cc3)c(F)c2)=NO1)C(=O)NO. The topological polar surface area (TPSA) is 108 Å². The Hall–Kier alpha value is -2.62. The maximum atomic E-state index is 14.8. The Morgan fingerprint density at radius 1 is 1.29 bits per heavy atom. The number of benzene rings is 2. The van der Waals surface area contributed by atoms with Crippen molar-refractivity contribution in [3.8, 4) is 11.1 Å². The molecule has 9 heteroatoms. The number of hydrogen-bond donors (Lipinski definition) is 3. The molecule has 1 amide bonds. The summed E-state index contributed by atoms with van der Waals surface area (Å²) in [5.74, 6) is -1.17. The number of nitrogens with one attached hydrogen (secondary N) is 1. The van der Waals surface area contributed by atoms with Gasteiger partial charge in [-0.25, -0.2) is 9.87 Å². The van der Waals surface area contributed by atoms with Gasteiger partial charge in [0.1, 0.15) is 17.2 Å². The van der Waals surface area contributed by atoms with Crippen molar-refractivity contribution < 1.29 is 28.5 Å². The molecule has 0 saturated carbocycles. The van der Waals surface area contributed by atoms with Crippen LogP contribution in [-0.4, -0.2) is 43.8 Å². The average Bonchev–Trinajstić information content (AvgIpc) is 3.19. The van der Waals surface area contributed by atoms with Gasteiger partial charge in [0.05, 0.1) is 11.3 Å². The zero-order chi connectivity index (χ0) is 22.8. The first kappa shape index (κ1) is 23.1. The van der Waals surface area contributed by atoms with Crippen LogP contribution < -0.4 is 5.48 Å². The fraction of sp³-hybridized carbons (Fsp3) is 0.364. The molecule has 1 aliphatic rings. The van der Waals surface area contributed by atoms with E-state index in [9.17, 15) is 18.5 Å². The average molecular weight is 449 g/mol. The van der Waals surface area contributed by atoms with Gasteiger partial charge in [-0.2, -0.15) is 0 Å². The number of halogens is 1. The van der Waals surface area contributed by atoms with Crippen LogP contribution in [0.15, 0.2) is 47.6 Å². The predicted molar refractivity (Wildman–Crippen MR) is 116 cm³/mol. The standard InChI is InChI=1S/C22H25FN2O5S/c1-22(2,27)15-7-4-13(5-8-15)17-9-6-14(10-18(17)23)19-11-16(30-25-19)12-20(31(3)29)21(26)24-28/h4-10,16,20,27-28H,11-12H2,1-3H3,(H,24,26). The molecule has 0 saturated heterocycles. The molecule has 1 aliphatic heterocycles. The smallest absolute Gasteiger partial charge is 0.259 e. The van der Waals surface area contributed by atoms with Crippen LogP contribution in [0.3, 0.4) is 0 Å². The van der Waals surface area contributed by atoms with Crippen molar-refractivity contribution in [1.29, 1.82) is 0 Å². The third-order valence-electron chi connectivity index (χ3n) is 5.22. The van der Waals surface area contributed by atoms with Crippen LogP contribution in [0.4, 0.5) is 4.39 Å². The van der Waals surface area contributed by atoms with E-state index in [1.54, 1.807) is 50.2 Å². The van der Waals surface area contributed by atoms with E-state index >= 15 is 0 Å². The van der Waals surface area contributed by atoms with E-state index in [2.05, 4.69) is 5.16 Å². The second-order valence-electron chi connectivity index (χ2n) is 8.00. The van der Waals surface area contributed by atoms with E-state index in [1.165, 1.54) is 17.8 Å². The van der Waals surface area contributed by atoms with Crippen LogP contribution in [0.2, 0.25) is 0 Å². The second-order valence-corrected chi connectivity index (χ2v) is 9.57. The van der Waals surface area contributed by atoms with Crippen LogP contribution in [-0.2, 0) is 26.0 Å². The highest BCUT2D eigenvalue weighted by molar-refractivity contribution is 7.85. The molecule has 0 aromatic heterocycles. The molecule has 0 fully saturated rings.